The Balaban J connectivity index is 2.00. The highest BCUT2D eigenvalue weighted by molar-refractivity contribution is 6.34. The highest BCUT2D eigenvalue weighted by Crippen LogP contribution is 2.19. The number of nitrogens with zero attached hydrogens (tertiary/aromatic N) is 4. The molecule has 0 amide bonds. The number of guanidine groups is 1. The van der Waals surface area contributed by atoms with E-state index in [9.17, 15) is 9.59 Å². The summed E-state index contributed by atoms with van der Waals surface area (Å²) in [7, 11) is 0. The number of hydrogen-bond donors (Lipinski definition) is 3. The monoisotopic (exact) mass is 503 g/mol. The molecule has 180 valence electrons. The van der Waals surface area contributed by atoms with Gasteiger partial charge in [0.1, 0.15) is 0 Å². The maximum absolute atomic E-state index is 13.4. The van der Waals surface area contributed by atoms with Gasteiger partial charge < -0.3 is 16.8 Å². The van der Waals surface area contributed by atoms with Gasteiger partial charge in [-0.2, -0.15) is 4.98 Å². The molecule has 5 N–H and O–H groups in total. The second kappa shape index (κ2) is 11.2. The zero-order valence-electron chi connectivity index (χ0n) is 19.0. The van der Waals surface area contributed by atoms with E-state index in [1.807, 2.05) is 24.3 Å². The van der Waals surface area contributed by atoms with Crippen LogP contribution in [0, 0.1) is 0 Å². The fraction of sp³-hybridized carbons (Fsp3) is 0.304. The Bertz CT molecular complexity index is 1270. The van der Waals surface area contributed by atoms with Gasteiger partial charge in [-0.15, -0.1) is 0 Å². The van der Waals surface area contributed by atoms with Crippen molar-refractivity contribution in [2.75, 3.05) is 18.4 Å². The first-order chi connectivity index (χ1) is 16.1. The number of halogens is 2. The number of anilines is 1. The Kier molecular flexibility index (Phi) is 8.36. The summed E-state index contributed by atoms with van der Waals surface area (Å²) in [6.45, 7) is 4.95. The van der Waals surface area contributed by atoms with E-state index in [4.69, 9.17) is 34.7 Å². The summed E-state index contributed by atoms with van der Waals surface area (Å²) in [5, 5.41) is 3.81. The van der Waals surface area contributed by atoms with E-state index < -0.39 is 11.4 Å². The molecular formula is C23H27Cl2N7O2. The van der Waals surface area contributed by atoms with E-state index in [1.54, 1.807) is 18.2 Å². The summed E-state index contributed by atoms with van der Waals surface area (Å²) in [5.74, 6) is 0.472. The fourth-order valence-electron chi connectivity index (χ4n) is 3.37. The molecule has 3 aromatic rings. The van der Waals surface area contributed by atoms with Crippen LogP contribution >= 0.6 is 23.2 Å². The minimum atomic E-state index is -0.697. The van der Waals surface area contributed by atoms with Crippen molar-refractivity contribution in [2.45, 2.75) is 32.9 Å². The molecule has 1 aromatic heterocycles. The van der Waals surface area contributed by atoms with Gasteiger partial charge in [-0.3, -0.25) is 9.56 Å². The molecule has 0 bridgehead atoms. The van der Waals surface area contributed by atoms with Gasteiger partial charge in [-0.25, -0.2) is 14.2 Å². The van der Waals surface area contributed by atoms with Crippen LogP contribution in [-0.2, 0) is 13.1 Å². The van der Waals surface area contributed by atoms with E-state index >= 15 is 0 Å². The van der Waals surface area contributed by atoms with Crippen LogP contribution in [0.25, 0.3) is 0 Å². The predicted octanol–water partition coefficient (Wildman–Crippen LogP) is 2.62. The first-order valence-electron chi connectivity index (χ1n) is 10.7. The Morgan fingerprint density at radius 1 is 1.00 bits per heavy atom. The van der Waals surface area contributed by atoms with Gasteiger partial charge >= 0.3 is 11.4 Å². The molecular weight excluding hydrogens is 477 g/mol. The number of aromatic nitrogens is 3. The third-order valence-electron chi connectivity index (χ3n) is 5.09. The van der Waals surface area contributed by atoms with Crippen LogP contribution in [-0.4, -0.2) is 33.2 Å². The second-order valence-corrected chi connectivity index (χ2v) is 8.95. The average Bonchev–Trinajstić information content (AvgIpc) is 2.76. The van der Waals surface area contributed by atoms with E-state index in [1.165, 1.54) is 10.1 Å². The van der Waals surface area contributed by atoms with Crippen LogP contribution in [0.4, 0.5) is 5.95 Å². The summed E-state index contributed by atoms with van der Waals surface area (Å²) in [6.07, 6.45) is 0. The average molecular weight is 504 g/mol. The van der Waals surface area contributed by atoms with Gasteiger partial charge in [-0.1, -0.05) is 61.3 Å². The number of aliphatic imine (C=N–C) groups is 1. The van der Waals surface area contributed by atoms with Crippen LogP contribution < -0.4 is 28.2 Å². The van der Waals surface area contributed by atoms with Gasteiger partial charge in [0, 0.05) is 16.6 Å². The van der Waals surface area contributed by atoms with E-state index in [0.29, 0.717) is 21.5 Å². The molecule has 0 aliphatic carbocycles. The lowest BCUT2D eigenvalue weighted by atomic mass is 10.0. The van der Waals surface area contributed by atoms with Gasteiger partial charge in [0.25, 0.3) is 0 Å². The molecule has 2 aromatic carbocycles. The number of nitrogens with one attached hydrogen (secondary N) is 1. The van der Waals surface area contributed by atoms with Crippen LogP contribution in [0.5, 0.6) is 0 Å². The smallest absolute Gasteiger partial charge is 0.355 e. The minimum absolute atomic E-state index is 0.0223. The normalized spacial score (nSPS) is 11.0. The molecule has 0 saturated heterocycles. The first-order valence-corrected chi connectivity index (χ1v) is 11.4. The maximum Gasteiger partial charge on any atom is 0.355 e. The minimum Gasteiger partial charge on any atom is -0.370 e. The summed E-state index contributed by atoms with van der Waals surface area (Å²) in [5.41, 5.74) is 12.2. The van der Waals surface area contributed by atoms with Crippen LogP contribution in [0.3, 0.4) is 0 Å². The quantitative estimate of drug-likeness (QED) is 0.233. The van der Waals surface area contributed by atoms with Crippen molar-refractivity contribution < 1.29 is 0 Å². The van der Waals surface area contributed by atoms with Crippen LogP contribution in [0.2, 0.25) is 10.0 Å². The van der Waals surface area contributed by atoms with Gasteiger partial charge in [0.2, 0.25) is 5.95 Å². The Morgan fingerprint density at radius 2 is 1.62 bits per heavy atom. The molecule has 0 aliphatic heterocycles. The summed E-state index contributed by atoms with van der Waals surface area (Å²) < 4.78 is 2.46. The molecule has 0 spiro atoms. The Morgan fingerprint density at radius 3 is 2.21 bits per heavy atom. The lowest BCUT2D eigenvalue weighted by molar-refractivity contribution is 0.586. The predicted molar refractivity (Wildman–Crippen MR) is 137 cm³/mol. The molecule has 0 fully saturated rings. The Hall–Kier alpha value is -3.30. The van der Waals surface area contributed by atoms with E-state index in [-0.39, 0.29) is 38.1 Å². The van der Waals surface area contributed by atoms with Crippen LogP contribution in [0.15, 0.2) is 57.0 Å². The number of benzene rings is 2. The second-order valence-electron chi connectivity index (χ2n) is 8.08. The standard InChI is InChI=1S/C23H27Cl2N7O2/c1-14(2)17-5-3-15(4-6-17)12-31-21(29-8-7-28-20(26)27)30-22(33)32(23(31)34)13-16-9-18(24)11-19(25)10-16/h3-6,9-11,14H,7-8,12-13H2,1-2H3,(H4,26,27,28)(H,29,30,33). The van der Waals surface area contributed by atoms with Gasteiger partial charge in [0.05, 0.1) is 19.6 Å². The number of rotatable bonds is 9. The lowest BCUT2D eigenvalue weighted by Gasteiger charge is -2.16. The van der Waals surface area contributed by atoms with Crippen molar-refractivity contribution in [1.29, 1.82) is 0 Å². The van der Waals surface area contributed by atoms with Gasteiger partial charge in [-0.05, 0) is 40.8 Å². The number of hydrogen-bond acceptors (Lipinski definition) is 5. The third-order valence-corrected chi connectivity index (χ3v) is 5.53. The lowest BCUT2D eigenvalue weighted by Crippen LogP contribution is -2.43. The van der Waals surface area contributed by atoms with Crippen LogP contribution in [0.1, 0.15) is 36.5 Å². The topological polar surface area (TPSA) is 133 Å². The molecule has 34 heavy (non-hydrogen) atoms. The van der Waals surface area contributed by atoms with Crippen molar-refractivity contribution in [3.63, 3.8) is 0 Å². The van der Waals surface area contributed by atoms with Crippen molar-refractivity contribution in [1.82, 2.24) is 14.1 Å². The largest absolute Gasteiger partial charge is 0.370 e. The van der Waals surface area contributed by atoms with Crippen molar-refractivity contribution in [3.8, 4) is 0 Å². The molecule has 0 unspecified atom stereocenters. The molecule has 0 atom stereocenters. The summed E-state index contributed by atoms with van der Waals surface area (Å²) in [4.78, 5) is 34.2. The highest BCUT2D eigenvalue weighted by Gasteiger charge is 2.15. The maximum atomic E-state index is 13.4. The fourth-order valence-corrected chi connectivity index (χ4v) is 3.94. The summed E-state index contributed by atoms with van der Waals surface area (Å²) >= 11 is 12.2. The SMILES string of the molecule is CC(C)c1ccc(Cn2c(NCCN=C(N)N)nc(=O)n(Cc3cc(Cl)cc(Cl)c3)c2=O)cc1. The van der Waals surface area contributed by atoms with Crippen molar-refractivity contribution in [2.24, 2.45) is 16.5 Å². The highest BCUT2D eigenvalue weighted by atomic mass is 35.5. The van der Waals surface area contributed by atoms with E-state index in [0.717, 1.165) is 10.1 Å². The third kappa shape index (κ3) is 6.61. The molecule has 1 heterocycles. The zero-order valence-corrected chi connectivity index (χ0v) is 20.5. The number of nitrogens with two attached hydrogens (primary N) is 2. The summed E-state index contributed by atoms with van der Waals surface area (Å²) in [6, 6.07) is 12.8. The zero-order chi connectivity index (χ0) is 24.8. The first kappa shape index (κ1) is 25.3. The molecule has 0 saturated carbocycles. The Labute approximate surface area is 207 Å². The molecule has 11 heteroatoms. The molecule has 0 aliphatic rings. The molecule has 9 nitrogen and oxygen atoms in total. The van der Waals surface area contributed by atoms with Crippen molar-refractivity contribution >= 4 is 35.1 Å². The molecule has 3 rings (SSSR count). The van der Waals surface area contributed by atoms with Crippen molar-refractivity contribution in [3.05, 3.63) is 90.2 Å². The van der Waals surface area contributed by atoms with E-state index in [2.05, 4.69) is 29.1 Å². The molecule has 0 radical (unpaired) electrons. The van der Waals surface area contributed by atoms with Gasteiger partial charge in [0.15, 0.2) is 5.96 Å².